The second-order valence-corrected chi connectivity index (χ2v) is 4.94. The van der Waals surface area contributed by atoms with E-state index in [4.69, 9.17) is 5.73 Å². The molecule has 20 heavy (non-hydrogen) atoms. The number of rotatable bonds is 5. The highest BCUT2D eigenvalue weighted by Crippen LogP contribution is 2.18. The zero-order chi connectivity index (χ0) is 13.9. The van der Waals surface area contributed by atoms with E-state index in [2.05, 4.69) is 52.0 Å². The van der Waals surface area contributed by atoms with Crippen molar-refractivity contribution in [1.29, 1.82) is 0 Å². The van der Waals surface area contributed by atoms with Gasteiger partial charge >= 0.3 is 0 Å². The first kappa shape index (κ1) is 12.9. The third kappa shape index (κ3) is 2.32. The minimum atomic E-state index is 0.575. The zero-order valence-electron chi connectivity index (χ0n) is 11.7. The summed E-state index contributed by atoms with van der Waals surface area (Å²) in [5, 5.41) is 5.49. The third-order valence-corrected chi connectivity index (χ3v) is 3.51. The topological polar surface area (TPSA) is 61.7 Å². The second-order valence-electron chi connectivity index (χ2n) is 4.94. The van der Waals surface area contributed by atoms with Crippen molar-refractivity contribution in [2.45, 2.75) is 33.0 Å². The standard InChI is InChI=1S/C15H19N5/c1-2-6-20-15(17-11-18-20)10-19-7-5-13-8-12(9-16)3-4-14(13)19/h3-5,7-8,11H,2,6,9-10,16H2,1H3. The summed E-state index contributed by atoms with van der Waals surface area (Å²) in [6.07, 6.45) is 4.78. The molecule has 0 bridgehead atoms. The third-order valence-electron chi connectivity index (χ3n) is 3.51. The molecule has 0 atom stereocenters. The van der Waals surface area contributed by atoms with E-state index in [0.29, 0.717) is 6.54 Å². The molecule has 104 valence electrons. The fourth-order valence-electron chi connectivity index (χ4n) is 2.48. The summed E-state index contributed by atoms with van der Waals surface area (Å²) in [5.74, 6) is 0.993. The van der Waals surface area contributed by atoms with Crippen LogP contribution in [0.3, 0.4) is 0 Å². The molecule has 0 fully saturated rings. The maximum absolute atomic E-state index is 5.68. The van der Waals surface area contributed by atoms with Crippen LogP contribution in [-0.2, 0) is 19.6 Å². The number of hydrogen-bond acceptors (Lipinski definition) is 3. The van der Waals surface area contributed by atoms with Gasteiger partial charge in [0.2, 0.25) is 0 Å². The van der Waals surface area contributed by atoms with Gasteiger partial charge in [-0.2, -0.15) is 5.10 Å². The molecule has 0 spiro atoms. The molecule has 0 saturated carbocycles. The van der Waals surface area contributed by atoms with Crippen molar-refractivity contribution >= 4 is 10.9 Å². The smallest absolute Gasteiger partial charge is 0.146 e. The van der Waals surface area contributed by atoms with Crippen LogP contribution in [0.4, 0.5) is 0 Å². The minimum Gasteiger partial charge on any atom is -0.340 e. The fourth-order valence-corrected chi connectivity index (χ4v) is 2.48. The van der Waals surface area contributed by atoms with Crippen molar-refractivity contribution in [2.75, 3.05) is 0 Å². The van der Waals surface area contributed by atoms with Crippen molar-refractivity contribution in [3.05, 3.63) is 48.2 Å². The number of benzene rings is 1. The SMILES string of the molecule is CCCn1ncnc1Cn1ccc2cc(CN)ccc21. The minimum absolute atomic E-state index is 0.575. The first-order valence-electron chi connectivity index (χ1n) is 6.96. The lowest BCUT2D eigenvalue weighted by Crippen LogP contribution is -2.09. The molecule has 1 aromatic carbocycles. The molecule has 2 heterocycles. The van der Waals surface area contributed by atoms with Gasteiger partial charge in [-0.05, 0) is 35.6 Å². The number of nitrogens with two attached hydrogens (primary N) is 1. The summed E-state index contributed by atoms with van der Waals surface area (Å²) in [7, 11) is 0. The molecule has 3 aromatic rings. The molecule has 2 N–H and O–H groups in total. The maximum Gasteiger partial charge on any atom is 0.146 e. The Kier molecular flexibility index (Phi) is 3.52. The average Bonchev–Trinajstić information content (AvgIpc) is 3.07. The summed E-state index contributed by atoms with van der Waals surface area (Å²) in [6.45, 7) is 4.37. The largest absolute Gasteiger partial charge is 0.340 e. The molecule has 0 aliphatic rings. The van der Waals surface area contributed by atoms with Gasteiger partial charge < -0.3 is 10.3 Å². The van der Waals surface area contributed by atoms with E-state index in [1.807, 2.05) is 4.68 Å². The van der Waals surface area contributed by atoms with Gasteiger partial charge in [0.05, 0.1) is 6.54 Å². The molecule has 0 unspecified atom stereocenters. The van der Waals surface area contributed by atoms with Crippen LogP contribution in [0.2, 0.25) is 0 Å². The lowest BCUT2D eigenvalue weighted by atomic mass is 10.1. The Morgan fingerprint density at radius 1 is 1.25 bits per heavy atom. The molecule has 0 amide bonds. The van der Waals surface area contributed by atoms with Gasteiger partial charge in [-0.3, -0.25) is 0 Å². The van der Waals surface area contributed by atoms with Crippen LogP contribution in [0, 0.1) is 0 Å². The highest BCUT2D eigenvalue weighted by Gasteiger charge is 2.07. The van der Waals surface area contributed by atoms with E-state index < -0.39 is 0 Å². The molecule has 0 radical (unpaired) electrons. The number of nitrogens with zero attached hydrogens (tertiary/aromatic N) is 4. The lowest BCUT2D eigenvalue weighted by molar-refractivity contribution is 0.557. The van der Waals surface area contributed by atoms with Crippen molar-refractivity contribution in [3.63, 3.8) is 0 Å². The average molecular weight is 269 g/mol. The molecular formula is C15H19N5. The normalized spacial score (nSPS) is 11.3. The van der Waals surface area contributed by atoms with Crippen molar-refractivity contribution in [1.82, 2.24) is 19.3 Å². The van der Waals surface area contributed by atoms with Gasteiger partial charge in [0.15, 0.2) is 0 Å². The van der Waals surface area contributed by atoms with Crippen LogP contribution in [0.1, 0.15) is 24.7 Å². The van der Waals surface area contributed by atoms with E-state index in [-0.39, 0.29) is 0 Å². The number of aryl methyl sites for hydroxylation is 1. The van der Waals surface area contributed by atoms with Crippen LogP contribution in [0.25, 0.3) is 10.9 Å². The van der Waals surface area contributed by atoms with Crippen LogP contribution in [-0.4, -0.2) is 19.3 Å². The summed E-state index contributed by atoms with van der Waals surface area (Å²) in [6, 6.07) is 8.46. The quantitative estimate of drug-likeness (QED) is 0.772. The fraction of sp³-hybridized carbons (Fsp3) is 0.333. The zero-order valence-corrected chi connectivity index (χ0v) is 11.7. The Hall–Kier alpha value is -2.14. The highest BCUT2D eigenvalue weighted by atomic mass is 15.3. The Balaban J connectivity index is 1.92. The predicted molar refractivity (Wildman–Crippen MR) is 79.2 cm³/mol. The molecule has 0 aliphatic carbocycles. The Bertz CT molecular complexity index is 710. The highest BCUT2D eigenvalue weighted by molar-refractivity contribution is 5.80. The molecule has 0 saturated heterocycles. The van der Waals surface area contributed by atoms with E-state index in [1.165, 1.54) is 10.9 Å². The molecule has 5 heteroatoms. The summed E-state index contributed by atoms with van der Waals surface area (Å²) >= 11 is 0. The van der Waals surface area contributed by atoms with E-state index >= 15 is 0 Å². The predicted octanol–water partition coefficient (Wildman–Crippen LogP) is 2.15. The van der Waals surface area contributed by atoms with Crippen LogP contribution < -0.4 is 5.73 Å². The number of fused-ring (bicyclic) bond motifs is 1. The van der Waals surface area contributed by atoms with Gasteiger partial charge in [-0.1, -0.05) is 13.0 Å². The molecule has 5 nitrogen and oxygen atoms in total. The summed E-state index contributed by atoms with van der Waals surface area (Å²) in [4.78, 5) is 4.36. The van der Waals surface area contributed by atoms with E-state index in [1.54, 1.807) is 6.33 Å². The number of aromatic nitrogens is 4. The van der Waals surface area contributed by atoms with Gasteiger partial charge in [0.25, 0.3) is 0 Å². The second kappa shape index (κ2) is 5.46. The molecule has 2 aromatic heterocycles. The van der Waals surface area contributed by atoms with Crippen molar-refractivity contribution < 1.29 is 0 Å². The molecule has 0 aliphatic heterocycles. The molecular weight excluding hydrogens is 250 g/mol. The van der Waals surface area contributed by atoms with E-state index in [9.17, 15) is 0 Å². The monoisotopic (exact) mass is 269 g/mol. The summed E-state index contributed by atoms with van der Waals surface area (Å²) < 4.78 is 4.17. The van der Waals surface area contributed by atoms with Gasteiger partial charge in [-0.15, -0.1) is 0 Å². The van der Waals surface area contributed by atoms with Crippen LogP contribution >= 0.6 is 0 Å². The van der Waals surface area contributed by atoms with Gasteiger partial charge in [0.1, 0.15) is 12.2 Å². The van der Waals surface area contributed by atoms with Gasteiger partial charge in [0, 0.05) is 24.8 Å². The number of hydrogen-bond donors (Lipinski definition) is 1. The summed E-state index contributed by atoms with van der Waals surface area (Å²) in [5.41, 5.74) is 8.04. The maximum atomic E-state index is 5.68. The van der Waals surface area contributed by atoms with E-state index in [0.717, 1.165) is 30.9 Å². The Morgan fingerprint density at radius 2 is 2.15 bits per heavy atom. The first-order valence-corrected chi connectivity index (χ1v) is 6.96. The Labute approximate surface area is 118 Å². The first-order chi connectivity index (χ1) is 9.81. The van der Waals surface area contributed by atoms with Crippen molar-refractivity contribution in [2.24, 2.45) is 5.73 Å². The van der Waals surface area contributed by atoms with Crippen LogP contribution in [0.15, 0.2) is 36.8 Å². The van der Waals surface area contributed by atoms with Gasteiger partial charge in [-0.25, -0.2) is 9.67 Å². The van der Waals surface area contributed by atoms with Crippen molar-refractivity contribution in [3.8, 4) is 0 Å². The molecule has 3 rings (SSSR count). The lowest BCUT2D eigenvalue weighted by Gasteiger charge is -2.07. The van der Waals surface area contributed by atoms with Crippen LogP contribution in [0.5, 0.6) is 0 Å². The Morgan fingerprint density at radius 3 is 2.95 bits per heavy atom.